The molecule has 2 fully saturated rings. The van der Waals surface area contributed by atoms with E-state index in [0.29, 0.717) is 62.3 Å². The molecule has 69 heavy (non-hydrogen) atoms. The van der Waals surface area contributed by atoms with Gasteiger partial charge in [-0.15, -0.1) is 0 Å². The molecule has 8 rings (SSSR count). The van der Waals surface area contributed by atoms with Gasteiger partial charge in [-0.3, -0.25) is 28.8 Å². The average Bonchev–Trinajstić information content (AvgIpc) is 3.98. The Hall–Kier alpha value is -5.14. The first-order valence-electron chi connectivity index (χ1n) is 22.3. The van der Waals surface area contributed by atoms with E-state index in [4.69, 9.17) is 11.6 Å². The zero-order chi connectivity index (χ0) is 48.6. The van der Waals surface area contributed by atoms with Gasteiger partial charge in [0.05, 0.1) is 11.4 Å². The minimum atomic E-state index is -3.95. The van der Waals surface area contributed by atoms with E-state index < -0.39 is 31.9 Å². The fourth-order valence-electron chi connectivity index (χ4n) is 8.03. The molecule has 4 aromatic rings. The van der Waals surface area contributed by atoms with Crippen molar-refractivity contribution in [2.24, 2.45) is 23.7 Å². The molecule has 0 aliphatic carbocycles. The normalized spacial score (nSPS) is 16.8. The molecule has 374 valence electrons. The molecule has 22 heteroatoms. The molecule has 2 aromatic heterocycles. The Morgan fingerprint density at radius 3 is 1.48 bits per heavy atom. The number of piperidine rings is 2. The van der Waals surface area contributed by atoms with Crippen LogP contribution in [0.5, 0.6) is 0 Å². The van der Waals surface area contributed by atoms with Crippen LogP contribution in [0.25, 0.3) is 0 Å². The maximum atomic E-state index is 12.9. The van der Waals surface area contributed by atoms with Gasteiger partial charge < -0.3 is 38.9 Å². The molecular weight excluding hydrogens is 1120 g/mol. The third-order valence-corrected chi connectivity index (χ3v) is 15.3. The van der Waals surface area contributed by atoms with Crippen molar-refractivity contribution >= 4 is 77.8 Å². The molecule has 2 aromatic carbocycles. The number of hydrogen-bond acceptors (Lipinski definition) is 11. The topological polar surface area (TPSA) is 244 Å². The van der Waals surface area contributed by atoms with Gasteiger partial charge in [-0.05, 0) is 135 Å². The molecule has 0 atom stereocenters. The summed E-state index contributed by atoms with van der Waals surface area (Å²) >= 11 is 5.03. The van der Waals surface area contributed by atoms with Crippen LogP contribution >= 0.6 is 11.6 Å². The fourth-order valence-corrected chi connectivity index (χ4v) is 11.3. The summed E-state index contributed by atoms with van der Waals surface area (Å²) in [4.78, 5) is 74.0. The van der Waals surface area contributed by atoms with Crippen molar-refractivity contribution in [3.63, 3.8) is 0 Å². The third-order valence-electron chi connectivity index (χ3n) is 11.6. The molecule has 0 radical (unpaired) electrons. The van der Waals surface area contributed by atoms with Crippen molar-refractivity contribution in [3.05, 3.63) is 103 Å². The second-order valence-corrected chi connectivity index (χ2v) is 21.7. The zero-order valence-corrected chi connectivity index (χ0v) is 44.6. The predicted octanol–water partition coefficient (Wildman–Crippen LogP) is 5.57. The van der Waals surface area contributed by atoms with Crippen molar-refractivity contribution in [1.82, 2.24) is 28.8 Å². The van der Waals surface area contributed by atoms with Crippen LogP contribution in [0.4, 0.5) is 11.4 Å². The first-order valence-corrected chi connectivity index (χ1v) is 25.5. The molecule has 0 spiro atoms. The van der Waals surface area contributed by atoms with Crippen molar-refractivity contribution in [1.29, 1.82) is 0 Å². The number of carbonyl (C=O) groups excluding carboxylic acids is 6. The summed E-state index contributed by atoms with van der Waals surface area (Å²) in [5.41, 5.74) is 0.801. The SMILES string of the molecule is CC(C)CC(=O)Cl.CC(C)CC(=O)N1CCC(CNC(=O)c2ccc3c(c2)NC(=O)c2cccn2S3(=O)=O)CC1.O=C(NCC1CCNCC1)c1ccc2c(c1)NC(=O)c1cccn1S2(=O)=O.[CH3-].[W]. The molecule has 0 saturated carbocycles. The van der Waals surface area contributed by atoms with Gasteiger partial charge in [-0.25, -0.2) is 24.8 Å². The maximum Gasteiger partial charge on any atom is 0.273 e. The number of carbonyl (C=O) groups is 6. The van der Waals surface area contributed by atoms with Gasteiger partial charge in [0.2, 0.25) is 11.1 Å². The number of fused-ring (bicyclic) bond motifs is 4. The fraction of sp³-hybridized carbons (Fsp3) is 0.426. The molecular formula is C47H60ClN8O10S2W-. The Labute approximate surface area is 423 Å². The van der Waals surface area contributed by atoms with Crippen LogP contribution in [0.2, 0.25) is 0 Å². The Bertz CT molecular complexity index is 2740. The van der Waals surface area contributed by atoms with Crippen LogP contribution in [0.1, 0.15) is 108 Å². The monoisotopic (exact) mass is 1180 g/mol. The molecule has 4 aliphatic heterocycles. The summed E-state index contributed by atoms with van der Waals surface area (Å²) in [5, 5.41) is 14.0. The summed E-state index contributed by atoms with van der Waals surface area (Å²) in [5.74, 6) is -0.107. The minimum Gasteiger partial charge on any atom is -0.358 e. The van der Waals surface area contributed by atoms with Gasteiger partial charge >= 0.3 is 0 Å². The molecule has 5 N–H and O–H groups in total. The van der Waals surface area contributed by atoms with Crippen molar-refractivity contribution in [2.75, 3.05) is 49.9 Å². The van der Waals surface area contributed by atoms with E-state index in [0.717, 1.165) is 46.7 Å². The summed E-state index contributed by atoms with van der Waals surface area (Å²) < 4.78 is 53.3. The van der Waals surface area contributed by atoms with Gasteiger partial charge in [-0.1, -0.05) is 27.7 Å². The number of rotatable bonds is 10. The van der Waals surface area contributed by atoms with Gasteiger partial charge in [0.25, 0.3) is 43.7 Å². The maximum absolute atomic E-state index is 12.9. The van der Waals surface area contributed by atoms with E-state index in [9.17, 15) is 45.6 Å². The van der Waals surface area contributed by atoms with Gasteiger partial charge in [0.1, 0.15) is 21.2 Å². The smallest absolute Gasteiger partial charge is 0.273 e. The van der Waals surface area contributed by atoms with E-state index in [1.807, 2.05) is 32.6 Å². The van der Waals surface area contributed by atoms with Gasteiger partial charge in [0, 0.05) is 83.6 Å². The van der Waals surface area contributed by atoms with E-state index in [2.05, 4.69) is 26.6 Å². The predicted molar refractivity (Wildman–Crippen MR) is 259 cm³/mol. The van der Waals surface area contributed by atoms with E-state index >= 15 is 0 Å². The van der Waals surface area contributed by atoms with Crippen molar-refractivity contribution < 1.29 is 66.7 Å². The number of hydrogen-bond donors (Lipinski definition) is 5. The standard InChI is InChI=1S/C23H28N4O5S.C18H20N4O4S.C5H9ClO.CH3.W/c1-15(2)12-21(28)26-10-7-16(8-11-26)14-24-22(29)17-5-6-20-18(13-17)25-23(30)19-4-3-9-27(19)33(20,31)32;23-17(20-11-12-5-7-19-8-6-12)13-3-4-16-14(10-13)21-18(24)15-2-1-9-22(15)27(16,25)26;1-4(2)3-5(6)7;;/h3-6,9,13,15-16H,7-8,10-12,14H2,1-2H3,(H,24,29)(H,25,30);1-4,9-10,12,19H,5-8,11H2,(H,20,23)(H,21,24);4H,3H2,1-2H3;1H3;/q;;;-1;. The average molecular weight is 1180 g/mol. The summed E-state index contributed by atoms with van der Waals surface area (Å²) in [6, 6.07) is 14.3. The Kier molecular flexibility index (Phi) is 20.1. The molecule has 4 aliphatic rings. The first-order chi connectivity index (χ1) is 31.8. The Morgan fingerprint density at radius 1 is 0.667 bits per heavy atom. The van der Waals surface area contributed by atoms with E-state index in [-0.39, 0.29) is 95.5 Å². The zero-order valence-electron chi connectivity index (χ0n) is 39.2. The van der Waals surface area contributed by atoms with E-state index in [1.54, 1.807) is 0 Å². The second kappa shape index (κ2) is 24.6. The number of amides is 5. The third kappa shape index (κ3) is 14.0. The second-order valence-electron chi connectivity index (χ2n) is 17.7. The van der Waals surface area contributed by atoms with E-state index in [1.165, 1.54) is 73.1 Å². The van der Waals surface area contributed by atoms with Crippen LogP contribution in [0.15, 0.2) is 82.8 Å². The Balaban J connectivity index is 0.000000261. The number of aromatic nitrogens is 2. The van der Waals surface area contributed by atoms with Gasteiger partial charge in [0.15, 0.2) is 0 Å². The molecule has 2 saturated heterocycles. The molecule has 0 unspecified atom stereocenters. The number of anilines is 2. The Morgan fingerprint density at radius 2 is 1.09 bits per heavy atom. The molecule has 6 heterocycles. The van der Waals surface area contributed by atoms with Crippen LogP contribution in [-0.4, -0.2) is 104 Å². The van der Waals surface area contributed by atoms with Crippen LogP contribution in [0, 0.1) is 31.1 Å². The number of nitrogens with one attached hydrogen (secondary N) is 5. The summed E-state index contributed by atoms with van der Waals surface area (Å²) in [6.45, 7) is 12.3. The van der Waals surface area contributed by atoms with Crippen LogP contribution in [0.3, 0.4) is 0 Å². The van der Waals surface area contributed by atoms with Gasteiger partial charge in [-0.2, -0.15) is 0 Å². The number of nitrogens with zero attached hydrogens (tertiary/aromatic N) is 3. The molecule has 0 bridgehead atoms. The first kappa shape index (κ1) is 56.4. The minimum absolute atomic E-state index is 0. The summed E-state index contributed by atoms with van der Waals surface area (Å²) in [6.07, 6.45) is 7.36. The number of halogens is 1. The quantitative estimate of drug-likeness (QED) is 0.0971. The largest absolute Gasteiger partial charge is 0.358 e. The molecule has 18 nitrogen and oxygen atoms in total. The van der Waals surface area contributed by atoms with Crippen molar-refractivity contribution in [3.8, 4) is 0 Å². The summed E-state index contributed by atoms with van der Waals surface area (Å²) in [7, 11) is -7.85. The number of likely N-dealkylation sites (tertiary alicyclic amines) is 1. The van der Waals surface area contributed by atoms with Crippen LogP contribution < -0.4 is 26.6 Å². The van der Waals surface area contributed by atoms with Crippen LogP contribution in [-0.2, 0) is 50.7 Å². The number of benzene rings is 2. The van der Waals surface area contributed by atoms with Crippen molar-refractivity contribution in [2.45, 2.75) is 76.0 Å². The molecule has 5 amide bonds.